The van der Waals surface area contributed by atoms with Crippen molar-refractivity contribution in [1.29, 1.82) is 0 Å². The van der Waals surface area contributed by atoms with Crippen LogP contribution in [0.5, 0.6) is 0 Å². The fraction of sp³-hybridized carbons (Fsp3) is 0.333. The Morgan fingerprint density at radius 3 is 2.93 bits per heavy atom. The van der Waals surface area contributed by atoms with Crippen molar-refractivity contribution in [2.24, 2.45) is 5.73 Å². The summed E-state index contributed by atoms with van der Waals surface area (Å²) in [6.07, 6.45) is 0. The van der Waals surface area contributed by atoms with Crippen LogP contribution in [0.1, 0.15) is 18.1 Å². The Bertz CT molecular complexity index is 379. The molecule has 0 aliphatic carbocycles. The van der Waals surface area contributed by atoms with Gasteiger partial charge in [0.2, 0.25) is 0 Å². The first-order valence-electron chi connectivity index (χ1n) is 4.83. The second-order valence-electron chi connectivity index (χ2n) is 2.94. The summed E-state index contributed by atoms with van der Waals surface area (Å²) in [4.78, 5) is 0. The fourth-order valence-electron chi connectivity index (χ4n) is 1.15. The Morgan fingerprint density at radius 1 is 1.47 bits per heavy atom. The monoisotopic (exact) mass is 207 g/mol. The van der Waals surface area contributed by atoms with Crippen LogP contribution in [0.4, 0.5) is 4.39 Å². The lowest BCUT2D eigenvalue weighted by Gasteiger charge is -2.04. The Labute approximate surface area is 89.2 Å². The summed E-state index contributed by atoms with van der Waals surface area (Å²) in [5.74, 6) is 5.24. The van der Waals surface area contributed by atoms with Crippen molar-refractivity contribution in [3.05, 3.63) is 35.1 Å². The number of halogens is 1. The molecule has 1 aromatic carbocycles. The normalized spacial score (nSPS) is 9.53. The summed E-state index contributed by atoms with van der Waals surface area (Å²) in [5, 5.41) is 0. The molecule has 0 saturated heterocycles. The van der Waals surface area contributed by atoms with E-state index >= 15 is 0 Å². The zero-order valence-corrected chi connectivity index (χ0v) is 8.72. The molecule has 0 heterocycles. The first-order valence-corrected chi connectivity index (χ1v) is 4.83. The lowest BCUT2D eigenvalue weighted by atomic mass is 10.1. The van der Waals surface area contributed by atoms with Gasteiger partial charge in [0, 0.05) is 12.2 Å². The summed E-state index contributed by atoms with van der Waals surface area (Å²) in [6, 6.07) is 4.49. The van der Waals surface area contributed by atoms with Crippen LogP contribution >= 0.6 is 0 Å². The fourth-order valence-corrected chi connectivity index (χ4v) is 1.15. The molecule has 0 aromatic heterocycles. The molecular formula is C12H14FNO. The third kappa shape index (κ3) is 3.70. The van der Waals surface area contributed by atoms with Crippen molar-refractivity contribution in [1.82, 2.24) is 0 Å². The molecule has 0 fully saturated rings. The predicted molar refractivity (Wildman–Crippen MR) is 57.7 cm³/mol. The Hall–Kier alpha value is -1.37. The molecule has 1 rings (SSSR count). The minimum Gasteiger partial charge on any atom is -0.377 e. The molecule has 0 bridgehead atoms. The van der Waals surface area contributed by atoms with Gasteiger partial charge in [-0.2, -0.15) is 0 Å². The maximum Gasteiger partial charge on any atom is 0.124 e. The third-order valence-electron chi connectivity index (χ3n) is 1.86. The van der Waals surface area contributed by atoms with Gasteiger partial charge in [0.1, 0.15) is 5.82 Å². The van der Waals surface area contributed by atoms with E-state index in [1.54, 1.807) is 6.07 Å². The highest BCUT2D eigenvalue weighted by Crippen LogP contribution is 2.11. The van der Waals surface area contributed by atoms with Crippen LogP contribution in [0, 0.1) is 17.7 Å². The second-order valence-corrected chi connectivity index (χ2v) is 2.94. The molecule has 0 radical (unpaired) electrons. The first-order chi connectivity index (χ1) is 7.27. The topological polar surface area (TPSA) is 35.2 Å². The molecule has 0 spiro atoms. The van der Waals surface area contributed by atoms with Crippen LogP contribution in [-0.2, 0) is 11.3 Å². The van der Waals surface area contributed by atoms with Crippen LogP contribution < -0.4 is 5.73 Å². The lowest BCUT2D eigenvalue weighted by Crippen LogP contribution is -1.97. The highest BCUT2D eigenvalue weighted by atomic mass is 19.1. The SMILES string of the molecule is CCOCc1ccc(F)cc1C#CCN. The molecule has 2 nitrogen and oxygen atoms in total. The van der Waals surface area contributed by atoms with Crippen molar-refractivity contribution in [2.45, 2.75) is 13.5 Å². The third-order valence-corrected chi connectivity index (χ3v) is 1.86. The Kier molecular flexibility index (Phi) is 4.82. The minimum atomic E-state index is -0.295. The van der Waals surface area contributed by atoms with E-state index in [0.29, 0.717) is 18.8 Å². The number of hydrogen-bond donors (Lipinski definition) is 1. The van der Waals surface area contributed by atoms with Crippen LogP contribution in [0.3, 0.4) is 0 Å². The maximum atomic E-state index is 13.0. The van der Waals surface area contributed by atoms with E-state index in [1.165, 1.54) is 12.1 Å². The van der Waals surface area contributed by atoms with Crippen molar-refractivity contribution in [3.63, 3.8) is 0 Å². The van der Waals surface area contributed by atoms with Crippen LogP contribution in [0.25, 0.3) is 0 Å². The molecule has 2 N–H and O–H groups in total. The molecule has 1 aromatic rings. The highest BCUT2D eigenvalue weighted by molar-refractivity contribution is 5.41. The van der Waals surface area contributed by atoms with Gasteiger partial charge in [-0.15, -0.1) is 0 Å². The molecule has 0 aliphatic rings. The molecule has 0 saturated carbocycles. The van der Waals surface area contributed by atoms with Gasteiger partial charge < -0.3 is 10.5 Å². The van der Waals surface area contributed by atoms with Crippen molar-refractivity contribution in [2.75, 3.05) is 13.2 Å². The molecule has 0 aliphatic heterocycles. The molecule has 3 heteroatoms. The summed E-state index contributed by atoms with van der Waals surface area (Å²) < 4.78 is 18.2. The molecule has 80 valence electrons. The number of hydrogen-bond acceptors (Lipinski definition) is 2. The van der Waals surface area contributed by atoms with E-state index < -0.39 is 0 Å². The Balaban J connectivity index is 2.92. The predicted octanol–water partition coefficient (Wildman–Crippen LogP) is 1.67. The molecule has 0 amide bonds. The van der Waals surface area contributed by atoms with Gasteiger partial charge in [-0.1, -0.05) is 17.9 Å². The van der Waals surface area contributed by atoms with Crippen molar-refractivity contribution in [3.8, 4) is 11.8 Å². The number of benzene rings is 1. The van der Waals surface area contributed by atoms with Gasteiger partial charge in [-0.05, 0) is 24.6 Å². The molecule has 0 atom stereocenters. The lowest BCUT2D eigenvalue weighted by molar-refractivity contribution is 0.134. The van der Waals surface area contributed by atoms with Crippen LogP contribution in [-0.4, -0.2) is 13.2 Å². The number of rotatable bonds is 3. The van der Waals surface area contributed by atoms with Crippen LogP contribution in [0.15, 0.2) is 18.2 Å². The van der Waals surface area contributed by atoms with E-state index in [-0.39, 0.29) is 12.4 Å². The van der Waals surface area contributed by atoms with E-state index in [0.717, 1.165) is 5.56 Å². The maximum absolute atomic E-state index is 13.0. The summed E-state index contributed by atoms with van der Waals surface area (Å²) in [6.45, 7) is 3.26. The molecule has 0 unspecified atom stereocenters. The zero-order chi connectivity index (χ0) is 11.1. The van der Waals surface area contributed by atoms with Gasteiger partial charge >= 0.3 is 0 Å². The summed E-state index contributed by atoms with van der Waals surface area (Å²) in [7, 11) is 0. The smallest absolute Gasteiger partial charge is 0.124 e. The average Bonchev–Trinajstić information content (AvgIpc) is 2.25. The number of nitrogens with two attached hydrogens (primary N) is 1. The van der Waals surface area contributed by atoms with Gasteiger partial charge in [0.25, 0.3) is 0 Å². The largest absolute Gasteiger partial charge is 0.377 e. The standard InChI is InChI=1S/C12H14FNO/c1-2-15-9-11-5-6-12(13)8-10(11)4-3-7-14/h5-6,8H,2,7,9,14H2,1H3. The van der Waals surface area contributed by atoms with Gasteiger partial charge in [-0.25, -0.2) is 4.39 Å². The second kappa shape index (κ2) is 6.18. The summed E-state index contributed by atoms with van der Waals surface area (Å²) in [5.41, 5.74) is 6.80. The van der Waals surface area contributed by atoms with E-state index in [1.807, 2.05) is 6.92 Å². The molecule has 15 heavy (non-hydrogen) atoms. The summed E-state index contributed by atoms with van der Waals surface area (Å²) >= 11 is 0. The van der Waals surface area contributed by atoms with Crippen molar-refractivity contribution < 1.29 is 9.13 Å². The van der Waals surface area contributed by atoms with Gasteiger partial charge in [0.15, 0.2) is 0 Å². The molecular weight excluding hydrogens is 193 g/mol. The van der Waals surface area contributed by atoms with Crippen molar-refractivity contribution >= 4 is 0 Å². The zero-order valence-electron chi connectivity index (χ0n) is 8.72. The van der Waals surface area contributed by atoms with Gasteiger partial charge in [0.05, 0.1) is 13.2 Å². The van der Waals surface area contributed by atoms with Crippen LogP contribution in [0.2, 0.25) is 0 Å². The number of ether oxygens (including phenoxy) is 1. The Morgan fingerprint density at radius 2 is 2.27 bits per heavy atom. The van der Waals surface area contributed by atoms with Gasteiger partial charge in [-0.3, -0.25) is 0 Å². The minimum absolute atomic E-state index is 0.268. The highest BCUT2D eigenvalue weighted by Gasteiger charge is 2.01. The first kappa shape index (κ1) is 11.7. The quantitative estimate of drug-likeness (QED) is 0.765. The van der Waals surface area contributed by atoms with E-state index in [9.17, 15) is 4.39 Å². The van der Waals surface area contributed by atoms with E-state index in [4.69, 9.17) is 10.5 Å². The average molecular weight is 207 g/mol. The van der Waals surface area contributed by atoms with E-state index in [2.05, 4.69) is 11.8 Å².